The molecule has 4 aromatic heterocycles. The molecule has 4 rings (SSSR count). The number of fused-ring (bicyclic) bond motifs is 1. The second-order valence-corrected chi connectivity index (χ2v) is 9.47. The van der Waals surface area contributed by atoms with Crippen molar-refractivity contribution in [1.29, 1.82) is 0 Å². The molecule has 0 saturated carbocycles. The largest absolute Gasteiger partial charge is 0.345 e. The zero-order chi connectivity index (χ0) is 22.3. The van der Waals surface area contributed by atoms with Gasteiger partial charge in [-0.15, -0.1) is 29.3 Å². The van der Waals surface area contributed by atoms with Crippen molar-refractivity contribution in [3.05, 3.63) is 62.6 Å². The van der Waals surface area contributed by atoms with Crippen LogP contribution in [0.3, 0.4) is 0 Å². The van der Waals surface area contributed by atoms with Gasteiger partial charge in [0.15, 0.2) is 5.13 Å². The van der Waals surface area contributed by atoms with Gasteiger partial charge in [0.05, 0.1) is 17.4 Å². The highest BCUT2D eigenvalue weighted by molar-refractivity contribution is 7.18. The number of anilines is 1. The van der Waals surface area contributed by atoms with Crippen molar-refractivity contribution >= 4 is 43.9 Å². The van der Waals surface area contributed by atoms with Crippen molar-refractivity contribution in [1.82, 2.24) is 19.1 Å². The highest BCUT2D eigenvalue weighted by atomic mass is 32.1. The topological polar surface area (TPSA) is 81.8 Å². The summed E-state index contributed by atoms with van der Waals surface area (Å²) in [5.41, 5.74) is 4.81. The fraction of sp³-hybridized carbons (Fsp3) is 0.273. The van der Waals surface area contributed by atoms with Crippen LogP contribution in [0.4, 0.5) is 5.13 Å². The van der Waals surface area contributed by atoms with Crippen LogP contribution >= 0.6 is 22.7 Å². The molecule has 9 heteroatoms. The number of allylic oxidation sites excluding steroid dienone is 1. The summed E-state index contributed by atoms with van der Waals surface area (Å²) in [6.07, 6.45) is 3.30. The number of thiophene rings is 1. The number of carbonyl (C=O) groups is 1. The van der Waals surface area contributed by atoms with Gasteiger partial charge in [0.1, 0.15) is 11.4 Å². The number of aromatic nitrogens is 4. The Labute approximate surface area is 187 Å². The fourth-order valence-corrected chi connectivity index (χ4v) is 5.34. The van der Waals surface area contributed by atoms with Crippen LogP contribution in [0.5, 0.6) is 0 Å². The van der Waals surface area contributed by atoms with Gasteiger partial charge in [-0.05, 0) is 39.3 Å². The molecule has 0 bridgehead atoms. The predicted molar refractivity (Wildman–Crippen MR) is 127 cm³/mol. The van der Waals surface area contributed by atoms with E-state index in [2.05, 4.69) is 32.5 Å². The molecule has 0 unspecified atom stereocenters. The number of aryl methyl sites for hydroxylation is 3. The van der Waals surface area contributed by atoms with E-state index in [1.54, 1.807) is 0 Å². The van der Waals surface area contributed by atoms with E-state index in [0.717, 1.165) is 39.6 Å². The normalized spacial score (nSPS) is 11.2. The molecule has 0 aliphatic heterocycles. The SMILES string of the molecule is C=CCn1c(C)cc(-c2csc(NC(=O)Cn3cnc4sc(C)c(C)c4c3=O)n2)c1C. The van der Waals surface area contributed by atoms with Crippen molar-refractivity contribution in [3.63, 3.8) is 0 Å². The molecule has 0 aliphatic carbocycles. The lowest BCUT2D eigenvalue weighted by molar-refractivity contribution is -0.116. The second kappa shape index (κ2) is 8.24. The lowest BCUT2D eigenvalue weighted by Gasteiger charge is -2.06. The molecule has 1 amide bonds. The van der Waals surface area contributed by atoms with Crippen LogP contribution in [-0.2, 0) is 17.9 Å². The Morgan fingerprint density at radius 3 is 2.81 bits per heavy atom. The number of nitrogens with one attached hydrogen (secondary N) is 1. The van der Waals surface area contributed by atoms with Gasteiger partial charge in [-0.25, -0.2) is 9.97 Å². The molecule has 7 nitrogen and oxygen atoms in total. The molecule has 0 spiro atoms. The van der Waals surface area contributed by atoms with Gasteiger partial charge in [-0.3, -0.25) is 14.2 Å². The van der Waals surface area contributed by atoms with E-state index < -0.39 is 0 Å². The number of hydrogen-bond donors (Lipinski definition) is 1. The zero-order valence-corrected chi connectivity index (χ0v) is 19.5. The number of hydrogen-bond acceptors (Lipinski definition) is 6. The minimum Gasteiger partial charge on any atom is -0.345 e. The summed E-state index contributed by atoms with van der Waals surface area (Å²) < 4.78 is 3.51. The van der Waals surface area contributed by atoms with Gasteiger partial charge in [-0.1, -0.05) is 6.08 Å². The van der Waals surface area contributed by atoms with Crippen LogP contribution in [0.15, 0.2) is 35.2 Å². The van der Waals surface area contributed by atoms with Crippen molar-refractivity contribution in [2.45, 2.75) is 40.8 Å². The average molecular weight is 454 g/mol. The Morgan fingerprint density at radius 1 is 1.29 bits per heavy atom. The Balaban J connectivity index is 1.53. The summed E-state index contributed by atoms with van der Waals surface area (Å²) in [5, 5.41) is 5.81. The first-order valence-corrected chi connectivity index (χ1v) is 11.5. The van der Waals surface area contributed by atoms with Crippen LogP contribution in [0.1, 0.15) is 21.8 Å². The zero-order valence-electron chi connectivity index (χ0n) is 17.9. The average Bonchev–Trinajstić information content (AvgIpc) is 3.37. The molecule has 4 heterocycles. The molecule has 0 aliphatic rings. The van der Waals surface area contributed by atoms with Gasteiger partial charge in [0.2, 0.25) is 5.91 Å². The van der Waals surface area contributed by atoms with E-state index in [1.165, 1.54) is 33.6 Å². The minimum atomic E-state index is -0.314. The monoisotopic (exact) mass is 453 g/mol. The third-order valence-corrected chi connectivity index (χ3v) is 7.25. The standard InChI is InChI=1S/C22H23N5O2S2/c1-6-7-27-12(2)8-16(14(27)4)17-10-30-22(24-17)25-18(28)9-26-11-23-20-19(21(26)29)13(3)15(5)31-20/h6,8,10-11H,1,7,9H2,2-5H3,(H,24,25,28). The maximum absolute atomic E-state index is 12.8. The van der Waals surface area contributed by atoms with Crippen LogP contribution in [0, 0.1) is 27.7 Å². The van der Waals surface area contributed by atoms with Crippen molar-refractivity contribution in [3.8, 4) is 11.3 Å². The summed E-state index contributed by atoms with van der Waals surface area (Å²) >= 11 is 2.85. The van der Waals surface area contributed by atoms with E-state index in [0.29, 0.717) is 15.3 Å². The van der Waals surface area contributed by atoms with Gasteiger partial charge in [0.25, 0.3) is 5.56 Å². The van der Waals surface area contributed by atoms with Gasteiger partial charge in [-0.2, -0.15) is 0 Å². The summed E-state index contributed by atoms with van der Waals surface area (Å²) in [6.45, 7) is 12.4. The number of rotatable bonds is 6. The molecule has 160 valence electrons. The fourth-order valence-electron chi connectivity index (χ4n) is 3.62. The smallest absolute Gasteiger partial charge is 0.262 e. The van der Waals surface area contributed by atoms with Crippen molar-refractivity contribution in [2.75, 3.05) is 5.32 Å². The summed E-state index contributed by atoms with van der Waals surface area (Å²) in [5.74, 6) is -0.314. The van der Waals surface area contributed by atoms with Gasteiger partial charge >= 0.3 is 0 Å². The third-order valence-electron chi connectivity index (χ3n) is 5.38. The number of thiazole rings is 1. The predicted octanol–water partition coefficient (Wildman–Crippen LogP) is 4.44. The number of amides is 1. The highest BCUT2D eigenvalue weighted by Gasteiger charge is 2.16. The first-order valence-electron chi connectivity index (χ1n) is 9.78. The van der Waals surface area contributed by atoms with E-state index in [9.17, 15) is 9.59 Å². The maximum atomic E-state index is 12.8. The summed E-state index contributed by atoms with van der Waals surface area (Å²) in [4.78, 5) is 36.0. The van der Waals surface area contributed by atoms with E-state index >= 15 is 0 Å². The first kappa shape index (κ1) is 21.2. The van der Waals surface area contributed by atoms with Gasteiger partial charge in [0, 0.05) is 33.8 Å². The van der Waals surface area contributed by atoms with Crippen molar-refractivity contribution < 1.29 is 4.79 Å². The molecule has 0 saturated heterocycles. The molecule has 0 radical (unpaired) electrons. The van der Waals surface area contributed by atoms with E-state index in [1.807, 2.05) is 39.2 Å². The lowest BCUT2D eigenvalue weighted by atomic mass is 10.2. The molecule has 0 aromatic carbocycles. The van der Waals surface area contributed by atoms with E-state index in [4.69, 9.17) is 0 Å². The van der Waals surface area contributed by atoms with Crippen molar-refractivity contribution in [2.24, 2.45) is 0 Å². The summed E-state index contributed by atoms with van der Waals surface area (Å²) in [6, 6.07) is 2.09. The van der Waals surface area contributed by atoms with Crippen LogP contribution in [0.25, 0.3) is 21.5 Å². The second-order valence-electron chi connectivity index (χ2n) is 7.41. The quantitative estimate of drug-likeness (QED) is 0.438. The molecule has 4 aromatic rings. The Bertz CT molecular complexity index is 1370. The summed E-state index contributed by atoms with van der Waals surface area (Å²) in [7, 11) is 0. The molecule has 31 heavy (non-hydrogen) atoms. The Kier molecular flexibility index (Phi) is 5.63. The molecule has 1 N–H and O–H groups in total. The van der Waals surface area contributed by atoms with Crippen LogP contribution in [-0.4, -0.2) is 25.0 Å². The molecule has 0 atom stereocenters. The molecule has 0 fully saturated rings. The Morgan fingerprint density at radius 2 is 2.06 bits per heavy atom. The highest BCUT2D eigenvalue weighted by Crippen LogP contribution is 2.30. The van der Waals surface area contributed by atoms with Crippen LogP contribution < -0.4 is 10.9 Å². The van der Waals surface area contributed by atoms with Gasteiger partial charge < -0.3 is 9.88 Å². The minimum absolute atomic E-state index is 0.112. The lowest BCUT2D eigenvalue weighted by Crippen LogP contribution is -2.27. The van der Waals surface area contributed by atoms with Crippen LogP contribution in [0.2, 0.25) is 0 Å². The molecular weight excluding hydrogens is 430 g/mol. The number of carbonyl (C=O) groups excluding carboxylic acids is 1. The van der Waals surface area contributed by atoms with E-state index in [-0.39, 0.29) is 18.0 Å². The Hall–Kier alpha value is -3.04. The first-order chi connectivity index (χ1) is 14.8. The number of nitrogens with zero attached hydrogens (tertiary/aromatic N) is 4. The molecular formula is C22H23N5O2S2. The third kappa shape index (κ3) is 3.86. The maximum Gasteiger partial charge on any atom is 0.262 e.